The maximum atomic E-state index is 6.20. The van der Waals surface area contributed by atoms with Crippen LogP contribution in [-0.2, 0) is 0 Å². The van der Waals surface area contributed by atoms with Gasteiger partial charge in [0.15, 0.2) is 5.82 Å². The summed E-state index contributed by atoms with van der Waals surface area (Å²) in [5, 5.41) is 21.0. The summed E-state index contributed by atoms with van der Waals surface area (Å²) >= 11 is 12.4. The van der Waals surface area contributed by atoms with Crippen LogP contribution >= 0.6 is 35.6 Å². The molecule has 8 nitrogen and oxygen atoms in total. The van der Waals surface area contributed by atoms with Crippen LogP contribution in [0.15, 0.2) is 54.7 Å². The number of halogens is 3. The number of nitrogens with one attached hydrogen (secondary N) is 3. The van der Waals surface area contributed by atoms with Crippen molar-refractivity contribution in [3.8, 4) is 11.4 Å². The monoisotopic (exact) mass is 434 g/mol. The highest BCUT2D eigenvalue weighted by atomic mass is 35.5. The van der Waals surface area contributed by atoms with Gasteiger partial charge in [0.1, 0.15) is 5.02 Å². The fraction of sp³-hybridized carbons (Fsp3) is 0. The van der Waals surface area contributed by atoms with Crippen molar-refractivity contribution in [2.75, 3.05) is 10.6 Å². The van der Waals surface area contributed by atoms with Crippen LogP contribution in [0.5, 0.6) is 0 Å². The third-order valence-electron chi connectivity index (χ3n) is 3.62. The molecule has 2 aromatic carbocycles. The quantitative estimate of drug-likeness (QED) is 0.410. The highest BCUT2D eigenvalue weighted by Crippen LogP contribution is 2.29. The molecule has 0 unspecified atom stereocenters. The average molecular weight is 436 g/mol. The molecule has 0 saturated carbocycles. The first-order valence-electron chi connectivity index (χ1n) is 7.84. The lowest BCUT2D eigenvalue weighted by Crippen LogP contribution is -2.01. The molecule has 0 aliphatic heterocycles. The van der Waals surface area contributed by atoms with Gasteiger partial charge in [0.25, 0.3) is 0 Å². The van der Waals surface area contributed by atoms with Crippen LogP contribution in [0.4, 0.5) is 23.1 Å². The summed E-state index contributed by atoms with van der Waals surface area (Å²) in [5.74, 6) is 1.36. The average Bonchev–Trinajstić information content (AvgIpc) is 3.22. The van der Waals surface area contributed by atoms with Gasteiger partial charge in [-0.15, -0.1) is 22.6 Å². The molecule has 0 aliphatic carbocycles. The predicted octanol–water partition coefficient (Wildman–Crippen LogP) is 4.87. The van der Waals surface area contributed by atoms with Crippen molar-refractivity contribution in [1.82, 2.24) is 30.6 Å². The lowest BCUT2D eigenvalue weighted by molar-refractivity contribution is 0.881. The van der Waals surface area contributed by atoms with Crippen molar-refractivity contribution in [2.45, 2.75) is 0 Å². The summed E-state index contributed by atoms with van der Waals surface area (Å²) in [6, 6.07) is 14.8. The number of nitrogens with zero attached hydrogens (tertiary/aromatic N) is 5. The number of para-hydroxylation sites is 1. The molecule has 0 spiro atoms. The van der Waals surface area contributed by atoms with Crippen molar-refractivity contribution in [3.63, 3.8) is 0 Å². The van der Waals surface area contributed by atoms with E-state index in [-0.39, 0.29) is 12.4 Å². The number of benzene rings is 2. The summed E-state index contributed by atoms with van der Waals surface area (Å²) in [6.45, 7) is 0. The maximum Gasteiger partial charge on any atom is 0.229 e. The highest BCUT2D eigenvalue weighted by Gasteiger charge is 2.09. The SMILES string of the molecule is Cl.Clc1ccccc1Nc1nc(Nc2ccc(-c3nn[nH]n3)cc2)ncc1Cl. The molecule has 0 aliphatic rings. The minimum Gasteiger partial charge on any atom is -0.338 e. The Morgan fingerprint density at radius 3 is 2.39 bits per heavy atom. The molecule has 0 bridgehead atoms. The first-order chi connectivity index (χ1) is 13.2. The Kier molecular flexibility index (Phi) is 6.25. The van der Waals surface area contributed by atoms with Gasteiger partial charge in [-0.2, -0.15) is 10.2 Å². The number of anilines is 4. The molecule has 4 aromatic rings. The zero-order chi connectivity index (χ0) is 18.6. The number of H-pyrrole nitrogens is 1. The van der Waals surface area contributed by atoms with Crippen molar-refractivity contribution >= 4 is 58.7 Å². The van der Waals surface area contributed by atoms with E-state index < -0.39 is 0 Å². The van der Waals surface area contributed by atoms with Crippen LogP contribution in [0.2, 0.25) is 10.0 Å². The summed E-state index contributed by atoms with van der Waals surface area (Å²) in [5.41, 5.74) is 2.34. The Labute approximate surface area is 176 Å². The van der Waals surface area contributed by atoms with Gasteiger partial charge >= 0.3 is 0 Å². The van der Waals surface area contributed by atoms with Crippen LogP contribution < -0.4 is 10.6 Å². The van der Waals surface area contributed by atoms with E-state index in [1.807, 2.05) is 42.5 Å². The second kappa shape index (κ2) is 8.83. The Morgan fingerprint density at radius 1 is 0.893 bits per heavy atom. The zero-order valence-electron chi connectivity index (χ0n) is 14.1. The molecule has 28 heavy (non-hydrogen) atoms. The standard InChI is InChI=1S/C17H12Cl2N8.ClH/c18-12-3-1-2-4-14(12)22-16-13(19)9-20-17(23-16)21-11-7-5-10(6-8-11)15-24-26-27-25-15;/h1-9H,(H2,20,21,22,23)(H,24,25,26,27);1H. The highest BCUT2D eigenvalue weighted by molar-refractivity contribution is 6.34. The van der Waals surface area contributed by atoms with E-state index in [1.54, 1.807) is 6.07 Å². The predicted molar refractivity (Wildman–Crippen MR) is 112 cm³/mol. The topological polar surface area (TPSA) is 104 Å². The van der Waals surface area contributed by atoms with E-state index in [0.29, 0.717) is 33.3 Å². The minimum atomic E-state index is 0. The van der Waals surface area contributed by atoms with Crippen LogP contribution in [0.3, 0.4) is 0 Å². The normalized spacial score (nSPS) is 10.2. The second-order valence-electron chi connectivity index (χ2n) is 5.43. The summed E-state index contributed by atoms with van der Waals surface area (Å²) < 4.78 is 0. The Hall–Kier alpha value is -2.94. The number of hydrogen-bond acceptors (Lipinski definition) is 7. The molecule has 0 amide bonds. The fourth-order valence-corrected chi connectivity index (χ4v) is 2.64. The molecule has 4 rings (SSSR count). The first-order valence-corrected chi connectivity index (χ1v) is 8.59. The van der Waals surface area contributed by atoms with Gasteiger partial charge < -0.3 is 10.6 Å². The van der Waals surface area contributed by atoms with Crippen LogP contribution in [0, 0.1) is 0 Å². The molecule has 2 heterocycles. The molecule has 142 valence electrons. The fourth-order valence-electron chi connectivity index (χ4n) is 2.32. The molecular weight excluding hydrogens is 423 g/mol. The van der Waals surface area contributed by atoms with Gasteiger partial charge in [0, 0.05) is 11.3 Å². The molecule has 11 heteroatoms. The number of rotatable bonds is 5. The summed E-state index contributed by atoms with van der Waals surface area (Å²) in [6.07, 6.45) is 1.52. The molecule has 0 fully saturated rings. The lowest BCUT2D eigenvalue weighted by Gasteiger charge is -2.11. The van der Waals surface area contributed by atoms with E-state index in [9.17, 15) is 0 Å². The molecule has 0 atom stereocenters. The van der Waals surface area contributed by atoms with Crippen molar-refractivity contribution in [3.05, 3.63) is 64.8 Å². The van der Waals surface area contributed by atoms with Crippen LogP contribution in [0.1, 0.15) is 0 Å². The molecule has 2 aromatic heterocycles. The zero-order valence-corrected chi connectivity index (χ0v) is 16.4. The van der Waals surface area contributed by atoms with Gasteiger partial charge in [0.05, 0.1) is 16.9 Å². The van der Waals surface area contributed by atoms with Gasteiger partial charge in [-0.3, -0.25) is 0 Å². The van der Waals surface area contributed by atoms with Crippen molar-refractivity contribution in [2.24, 2.45) is 0 Å². The summed E-state index contributed by atoms with van der Waals surface area (Å²) in [7, 11) is 0. The van der Waals surface area contributed by atoms with Gasteiger partial charge in [0.2, 0.25) is 11.8 Å². The maximum absolute atomic E-state index is 6.20. The largest absolute Gasteiger partial charge is 0.338 e. The van der Waals surface area contributed by atoms with Crippen molar-refractivity contribution < 1.29 is 0 Å². The number of aromatic amines is 1. The van der Waals surface area contributed by atoms with E-state index in [4.69, 9.17) is 23.2 Å². The van der Waals surface area contributed by atoms with Gasteiger partial charge in [-0.05, 0) is 41.6 Å². The van der Waals surface area contributed by atoms with Gasteiger partial charge in [-0.25, -0.2) is 4.98 Å². The second-order valence-corrected chi connectivity index (χ2v) is 6.25. The van der Waals surface area contributed by atoms with Crippen molar-refractivity contribution in [1.29, 1.82) is 0 Å². The molecule has 0 saturated heterocycles. The first kappa shape index (κ1) is 19.8. The Morgan fingerprint density at radius 2 is 1.68 bits per heavy atom. The van der Waals surface area contributed by atoms with Crippen LogP contribution in [-0.4, -0.2) is 30.6 Å². The third-order valence-corrected chi connectivity index (χ3v) is 4.22. The van der Waals surface area contributed by atoms with E-state index in [1.165, 1.54) is 6.20 Å². The number of hydrogen-bond donors (Lipinski definition) is 3. The van der Waals surface area contributed by atoms with E-state index in [2.05, 4.69) is 41.2 Å². The molecular formula is C17H13Cl3N8. The van der Waals surface area contributed by atoms with Gasteiger partial charge in [-0.1, -0.05) is 35.3 Å². The molecule has 3 N–H and O–H groups in total. The minimum absolute atomic E-state index is 0. The lowest BCUT2D eigenvalue weighted by atomic mass is 10.2. The van der Waals surface area contributed by atoms with E-state index in [0.717, 1.165) is 11.3 Å². The number of aromatic nitrogens is 6. The summed E-state index contributed by atoms with van der Waals surface area (Å²) in [4.78, 5) is 8.62. The smallest absolute Gasteiger partial charge is 0.229 e. The third kappa shape index (κ3) is 4.48. The van der Waals surface area contributed by atoms with E-state index >= 15 is 0 Å². The van der Waals surface area contributed by atoms with Crippen LogP contribution in [0.25, 0.3) is 11.4 Å². The number of tetrazole rings is 1. The Bertz CT molecular complexity index is 1050. The Balaban J connectivity index is 0.00000225. The molecule has 0 radical (unpaired) electrons.